The zero-order chi connectivity index (χ0) is 18.9. The zero-order valence-electron chi connectivity index (χ0n) is 15.3. The minimum absolute atomic E-state index is 0.268. The number of benzene rings is 1. The van der Waals surface area contributed by atoms with Gasteiger partial charge in [0.15, 0.2) is 0 Å². The van der Waals surface area contributed by atoms with Crippen molar-refractivity contribution >= 4 is 0 Å². The molecule has 0 fully saturated rings. The Morgan fingerprint density at radius 1 is 1.07 bits per heavy atom. The van der Waals surface area contributed by atoms with Crippen LogP contribution in [0.1, 0.15) is 17.0 Å². The van der Waals surface area contributed by atoms with Crippen LogP contribution in [0.25, 0.3) is 17.1 Å². The normalized spacial score (nSPS) is 14.2. The molecule has 1 aromatic carbocycles. The molecule has 4 heterocycles. The molecular formula is C22H19FN4O. The number of aromatic nitrogens is 3. The summed E-state index contributed by atoms with van der Waals surface area (Å²) in [5, 5.41) is 4.22. The van der Waals surface area contributed by atoms with Crippen LogP contribution < -0.4 is 0 Å². The van der Waals surface area contributed by atoms with Gasteiger partial charge in [0.1, 0.15) is 23.1 Å². The van der Waals surface area contributed by atoms with E-state index in [2.05, 4.69) is 25.7 Å². The topological polar surface area (TPSA) is 47.1 Å². The van der Waals surface area contributed by atoms with Crippen LogP contribution >= 0.6 is 0 Å². The summed E-state index contributed by atoms with van der Waals surface area (Å²) < 4.78 is 21.3. The summed E-state index contributed by atoms with van der Waals surface area (Å²) >= 11 is 0. The number of fused-ring (bicyclic) bond motifs is 1. The fraction of sp³-hybridized carbons (Fsp3) is 0.182. The lowest BCUT2D eigenvalue weighted by Gasteiger charge is -2.26. The van der Waals surface area contributed by atoms with Gasteiger partial charge in [-0.1, -0.05) is 23.4 Å². The lowest BCUT2D eigenvalue weighted by Crippen LogP contribution is -2.30. The highest BCUT2D eigenvalue weighted by atomic mass is 19.1. The lowest BCUT2D eigenvalue weighted by molar-refractivity contribution is 0.225. The quantitative estimate of drug-likeness (QED) is 0.536. The molecule has 5 rings (SSSR count). The highest BCUT2D eigenvalue weighted by Gasteiger charge is 2.25. The second-order valence-electron chi connectivity index (χ2n) is 6.96. The van der Waals surface area contributed by atoms with Crippen molar-refractivity contribution in [2.45, 2.75) is 19.5 Å². The third-order valence-electron chi connectivity index (χ3n) is 5.12. The first kappa shape index (κ1) is 16.9. The van der Waals surface area contributed by atoms with Gasteiger partial charge in [-0.15, -0.1) is 0 Å². The summed E-state index contributed by atoms with van der Waals surface area (Å²) in [6.45, 7) is 2.40. The number of rotatable bonds is 4. The first-order chi connectivity index (χ1) is 13.8. The van der Waals surface area contributed by atoms with Gasteiger partial charge in [-0.05, 0) is 36.4 Å². The van der Waals surface area contributed by atoms with Crippen molar-refractivity contribution < 1.29 is 8.91 Å². The summed E-state index contributed by atoms with van der Waals surface area (Å²) in [5.74, 6) is 1.54. The monoisotopic (exact) mass is 374 g/mol. The van der Waals surface area contributed by atoms with Crippen LogP contribution in [0.4, 0.5) is 4.39 Å². The van der Waals surface area contributed by atoms with E-state index in [0.29, 0.717) is 0 Å². The molecule has 0 amide bonds. The van der Waals surface area contributed by atoms with Crippen LogP contribution in [0.15, 0.2) is 71.5 Å². The van der Waals surface area contributed by atoms with E-state index in [4.69, 9.17) is 4.52 Å². The van der Waals surface area contributed by atoms with Crippen LogP contribution in [0, 0.1) is 5.82 Å². The Morgan fingerprint density at radius 3 is 2.89 bits per heavy atom. The molecule has 0 unspecified atom stereocenters. The Balaban J connectivity index is 1.40. The first-order valence-electron chi connectivity index (χ1n) is 9.31. The summed E-state index contributed by atoms with van der Waals surface area (Å²) in [6.07, 6.45) is 4.63. The Hall–Kier alpha value is -3.25. The fourth-order valence-electron chi connectivity index (χ4n) is 3.76. The Labute approximate surface area is 162 Å². The number of hydrogen-bond donors (Lipinski definition) is 0. The smallest absolute Gasteiger partial charge is 0.143 e. The highest BCUT2D eigenvalue weighted by molar-refractivity contribution is 5.63. The Bertz CT molecular complexity index is 1100. The van der Waals surface area contributed by atoms with Gasteiger partial charge in [0.25, 0.3) is 0 Å². The maximum Gasteiger partial charge on any atom is 0.143 e. The number of nitrogens with zero attached hydrogens (tertiary/aromatic N) is 4. The standard InChI is InChI=1S/C22H19FN4O/c23-17-6-3-5-16(13-17)22-19-15-26(12-9-20(19)28-25-22)14-18-7-4-11-27(18)21-8-1-2-10-24-21/h1-8,10-11,13H,9,12,14-15H2. The molecule has 0 atom stereocenters. The molecule has 0 bridgehead atoms. The third kappa shape index (κ3) is 3.12. The summed E-state index contributed by atoms with van der Waals surface area (Å²) in [6, 6.07) is 16.6. The maximum absolute atomic E-state index is 13.6. The van der Waals surface area contributed by atoms with Crippen LogP contribution in [-0.2, 0) is 19.5 Å². The number of hydrogen-bond acceptors (Lipinski definition) is 4. The van der Waals surface area contributed by atoms with Crippen LogP contribution in [0.5, 0.6) is 0 Å². The molecular weight excluding hydrogens is 355 g/mol. The minimum atomic E-state index is -0.268. The molecule has 0 aliphatic carbocycles. The van der Waals surface area contributed by atoms with E-state index in [-0.39, 0.29) is 5.82 Å². The van der Waals surface area contributed by atoms with Crippen molar-refractivity contribution in [1.82, 2.24) is 19.6 Å². The third-order valence-corrected chi connectivity index (χ3v) is 5.12. The molecule has 1 aliphatic heterocycles. The van der Waals surface area contributed by atoms with Gasteiger partial charge >= 0.3 is 0 Å². The number of pyridine rings is 1. The zero-order valence-corrected chi connectivity index (χ0v) is 15.3. The molecule has 1 aliphatic rings. The summed E-state index contributed by atoms with van der Waals surface area (Å²) in [4.78, 5) is 6.81. The van der Waals surface area contributed by atoms with Crippen LogP contribution in [0.2, 0.25) is 0 Å². The largest absolute Gasteiger partial charge is 0.360 e. The van der Waals surface area contributed by atoms with Gasteiger partial charge in [-0.25, -0.2) is 9.37 Å². The average Bonchev–Trinajstić information content (AvgIpc) is 3.35. The Morgan fingerprint density at radius 2 is 2.04 bits per heavy atom. The Kier molecular flexibility index (Phi) is 4.25. The van der Waals surface area contributed by atoms with Crippen LogP contribution in [0.3, 0.4) is 0 Å². The van der Waals surface area contributed by atoms with E-state index in [9.17, 15) is 4.39 Å². The molecule has 0 N–H and O–H groups in total. The van der Waals surface area contributed by atoms with E-state index in [0.717, 1.165) is 54.5 Å². The SMILES string of the molecule is Fc1cccc(-c2noc3c2CN(Cc2cccn2-c2ccccn2)CC3)c1. The van der Waals surface area contributed by atoms with E-state index in [1.54, 1.807) is 12.3 Å². The lowest BCUT2D eigenvalue weighted by atomic mass is 10.0. The maximum atomic E-state index is 13.6. The van der Waals surface area contributed by atoms with Gasteiger partial charge in [-0.3, -0.25) is 4.90 Å². The van der Waals surface area contributed by atoms with Crippen molar-refractivity contribution in [3.63, 3.8) is 0 Å². The van der Waals surface area contributed by atoms with E-state index in [1.165, 1.54) is 17.8 Å². The number of halogens is 1. The molecule has 3 aromatic heterocycles. The van der Waals surface area contributed by atoms with Crippen molar-refractivity contribution in [1.29, 1.82) is 0 Å². The molecule has 5 nitrogen and oxygen atoms in total. The molecule has 28 heavy (non-hydrogen) atoms. The second kappa shape index (κ2) is 7.05. The van der Waals surface area contributed by atoms with E-state index in [1.807, 2.05) is 36.5 Å². The van der Waals surface area contributed by atoms with Gasteiger partial charge in [0.05, 0.1) is 0 Å². The fourth-order valence-corrected chi connectivity index (χ4v) is 3.76. The van der Waals surface area contributed by atoms with E-state index < -0.39 is 0 Å². The van der Waals surface area contributed by atoms with Gasteiger partial charge in [0.2, 0.25) is 0 Å². The second-order valence-corrected chi connectivity index (χ2v) is 6.96. The highest BCUT2D eigenvalue weighted by Crippen LogP contribution is 2.31. The molecule has 0 radical (unpaired) electrons. The molecule has 0 saturated heterocycles. The summed E-state index contributed by atoms with van der Waals surface area (Å²) in [5.41, 5.74) is 3.71. The van der Waals surface area contributed by atoms with Gasteiger partial charge in [-0.2, -0.15) is 0 Å². The van der Waals surface area contributed by atoms with Crippen molar-refractivity contribution in [2.75, 3.05) is 6.54 Å². The van der Waals surface area contributed by atoms with Crippen molar-refractivity contribution in [3.8, 4) is 17.1 Å². The predicted octanol–water partition coefficient (Wildman–Crippen LogP) is 4.22. The minimum Gasteiger partial charge on any atom is -0.360 e. The molecule has 4 aromatic rings. The summed E-state index contributed by atoms with van der Waals surface area (Å²) in [7, 11) is 0. The average molecular weight is 374 g/mol. The molecule has 140 valence electrons. The van der Waals surface area contributed by atoms with Crippen molar-refractivity contribution in [2.24, 2.45) is 0 Å². The van der Waals surface area contributed by atoms with E-state index >= 15 is 0 Å². The van der Waals surface area contributed by atoms with Gasteiger partial charge in [0, 0.05) is 55.3 Å². The van der Waals surface area contributed by atoms with Crippen molar-refractivity contribution in [3.05, 3.63) is 89.8 Å². The molecule has 0 saturated carbocycles. The predicted molar refractivity (Wildman–Crippen MR) is 103 cm³/mol. The molecule has 0 spiro atoms. The first-order valence-corrected chi connectivity index (χ1v) is 9.31. The molecule has 6 heteroatoms. The van der Waals surface area contributed by atoms with Gasteiger partial charge < -0.3 is 9.09 Å². The van der Waals surface area contributed by atoms with Crippen LogP contribution in [-0.4, -0.2) is 26.2 Å².